The van der Waals surface area contributed by atoms with Crippen LogP contribution in [0.3, 0.4) is 0 Å². The number of halogens is 1. The van der Waals surface area contributed by atoms with Crippen molar-refractivity contribution < 1.29 is 4.79 Å². The summed E-state index contributed by atoms with van der Waals surface area (Å²) in [6.45, 7) is 0.849. The maximum Gasteiger partial charge on any atom is 0.230 e. The Labute approximate surface area is 123 Å². The lowest BCUT2D eigenvalue weighted by Crippen LogP contribution is -2.45. The van der Waals surface area contributed by atoms with Crippen molar-refractivity contribution >= 4 is 21.8 Å². The van der Waals surface area contributed by atoms with Gasteiger partial charge in [-0.25, -0.2) is 0 Å². The van der Waals surface area contributed by atoms with Crippen LogP contribution in [0.2, 0.25) is 0 Å². The maximum atomic E-state index is 12.8. The molecule has 0 saturated heterocycles. The molecule has 1 aromatic rings. The van der Waals surface area contributed by atoms with Gasteiger partial charge in [0.2, 0.25) is 5.91 Å². The van der Waals surface area contributed by atoms with Gasteiger partial charge in [-0.15, -0.1) is 0 Å². The minimum Gasteiger partial charge on any atom is -0.338 e. The van der Waals surface area contributed by atoms with Crippen LogP contribution >= 0.6 is 15.9 Å². The lowest BCUT2D eigenvalue weighted by molar-refractivity contribution is -0.135. The molecule has 0 aliphatic heterocycles. The van der Waals surface area contributed by atoms with Crippen molar-refractivity contribution in [3.05, 3.63) is 35.4 Å². The highest BCUT2D eigenvalue weighted by molar-refractivity contribution is 9.09. The minimum absolute atomic E-state index is 0.121. The first-order valence-electron chi connectivity index (χ1n) is 7.25. The van der Waals surface area contributed by atoms with E-state index in [4.69, 9.17) is 0 Å². The summed E-state index contributed by atoms with van der Waals surface area (Å²) >= 11 is 3.49. The average molecular weight is 322 g/mol. The van der Waals surface area contributed by atoms with E-state index < -0.39 is 0 Å². The molecule has 1 unspecified atom stereocenters. The maximum absolute atomic E-state index is 12.8. The molecule has 0 N–H and O–H groups in total. The van der Waals surface area contributed by atoms with Crippen molar-refractivity contribution in [3.63, 3.8) is 0 Å². The Morgan fingerprint density at radius 2 is 2.00 bits per heavy atom. The van der Waals surface area contributed by atoms with Crippen LogP contribution in [0.1, 0.15) is 42.7 Å². The summed E-state index contributed by atoms with van der Waals surface area (Å²) in [5, 5.41) is 0.879. The molecule has 1 aromatic carbocycles. The zero-order chi connectivity index (χ0) is 13.2. The van der Waals surface area contributed by atoms with E-state index in [0.717, 1.165) is 18.3 Å². The number of amides is 1. The van der Waals surface area contributed by atoms with E-state index in [1.165, 1.54) is 36.8 Å². The molecule has 2 nitrogen and oxygen atoms in total. The predicted molar refractivity (Wildman–Crippen MR) is 80.7 cm³/mol. The molecule has 2 aliphatic carbocycles. The number of benzene rings is 1. The van der Waals surface area contributed by atoms with Crippen LogP contribution < -0.4 is 0 Å². The molecule has 2 aliphatic rings. The largest absolute Gasteiger partial charge is 0.338 e. The van der Waals surface area contributed by atoms with E-state index in [2.05, 4.69) is 39.0 Å². The standard InChI is InChI=1S/C16H20BrNO/c17-9-10-18(13-6-2-3-7-13)16(19)15-11-12-5-1-4-8-14(12)15/h1,4-5,8,13,15H,2-3,6-7,9-11H2. The molecule has 0 heterocycles. The smallest absolute Gasteiger partial charge is 0.230 e. The summed E-state index contributed by atoms with van der Waals surface area (Å²) in [6, 6.07) is 8.85. The van der Waals surface area contributed by atoms with Gasteiger partial charge in [0.1, 0.15) is 0 Å². The Bertz CT molecular complexity index is 468. The van der Waals surface area contributed by atoms with E-state index in [-0.39, 0.29) is 5.92 Å². The van der Waals surface area contributed by atoms with E-state index in [0.29, 0.717) is 11.9 Å². The van der Waals surface area contributed by atoms with Crippen LogP contribution in [0, 0.1) is 0 Å². The molecule has 0 radical (unpaired) electrons. The number of fused-ring (bicyclic) bond motifs is 1. The number of alkyl halides is 1. The molecule has 0 aromatic heterocycles. The van der Waals surface area contributed by atoms with Gasteiger partial charge in [-0.05, 0) is 30.4 Å². The molecular formula is C16H20BrNO. The van der Waals surface area contributed by atoms with Gasteiger partial charge < -0.3 is 4.90 Å². The average Bonchev–Trinajstić information content (AvgIpc) is 2.91. The van der Waals surface area contributed by atoms with Gasteiger partial charge in [-0.1, -0.05) is 53.0 Å². The number of hydrogen-bond acceptors (Lipinski definition) is 1. The van der Waals surface area contributed by atoms with E-state index in [1.807, 2.05) is 6.07 Å². The van der Waals surface area contributed by atoms with Gasteiger partial charge >= 0.3 is 0 Å². The number of carbonyl (C=O) groups is 1. The quantitative estimate of drug-likeness (QED) is 0.777. The molecule has 1 amide bonds. The van der Waals surface area contributed by atoms with E-state index in [1.54, 1.807) is 0 Å². The Morgan fingerprint density at radius 3 is 2.68 bits per heavy atom. The van der Waals surface area contributed by atoms with Crippen molar-refractivity contribution in [2.75, 3.05) is 11.9 Å². The second-order valence-electron chi connectivity index (χ2n) is 5.61. The van der Waals surface area contributed by atoms with Gasteiger partial charge in [0.15, 0.2) is 0 Å². The molecule has 0 bridgehead atoms. The zero-order valence-corrected chi connectivity index (χ0v) is 12.7. The summed E-state index contributed by atoms with van der Waals surface area (Å²) in [4.78, 5) is 14.9. The summed E-state index contributed by atoms with van der Waals surface area (Å²) in [6.07, 6.45) is 5.86. The van der Waals surface area contributed by atoms with Gasteiger partial charge in [0.25, 0.3) is 0 Å². The number of hydrogen-bond donors (Lipinski definition) is 0. The van der Waals surface area contributed by atoms with Crippen LogP contribution in [0.5, 0.6) is 0 Å². The highest BCUT2D eigenvalue weighted by atomic mass is 79.9. The number of carbonyl (C=O) groups excluding carboxylic acids is 1. The summed E-state index contributed by atoms with van der Waals surface area (Å²) < 4.78 is 0. The Hall–Kier alpha value is -0.830. The fourth-order valence-corrected chi connectivity index (χ4v) is 3.84. The fraction of sp³-hybridized carbons (Fsp3) is 0.562. The lowest BCUT2D eigenvalue weighted by atomic mass is 9.76. The van der Waals surface area contributed by atoms with Crippen LogP contribution in [0.25, 0.3) is 0 Å². The highest BCUT2D eigenvalue weighted by Crippen LogP contribution is 2.37. The predicted octanol–water partition coefficient (Wildman–Crippen LogP) is 3.49. The molecule has 1 atom stereocenters. The lowest BCUT2D eigenvalue weighted by Gasteiger charge is -2.36. The van der Waals surface area contributed by atoms with Crippen LogP contribution in [-0.2, 0) is 11.2 Å². The van der Waals surface area contributed by atoms with Crippen molar-refractivity contribution in [1.82, 2.24) is 4.90 Å². The second-order valence-corrected chi connectivity index (χ2v) is 6.41. The second kappa shape index (κ2) is 5.66. The topological polar surface area (TPSA) is 20.3 Å². The Morgan fingerprint density at radius 1 is 1.26 bits per heavy atom. The molecule has 1 fully saturated rings. The third-order valence-corrected chi connectivity index (χ3v) is 4.88. The van der Waals surface area contributed by atoms with E-state index >= 15 is 0 Å². The zero-order valence-electron chi connectivity index (χ0n) is 11.1. The van der Waals surface area contributed by atoms with E-state index in [9.17, 15) is 4.79 Å². The molecule has 1 saturated carbocycles. The third-order valence-electron chi connectivity index (χ3n) is 4.53. The van der Waals surface area contributed by atoms with Crippen LogP contribution in [0.4, 0.5) is 0 Å². The summed E-state index contributed by atoms with van der Waals surface area (Å²) in [7, 11) is 0. The Balaban J connectivity index is 1.75. The van der Waals surface area contributed by atoms with Gasteiger partial charge in [-0.2, -0.15) is 0 Å². The minimum atomic E-state index is 0.121. The highest BCUT2D eigenvalue weighted by Gasteiger charge is 2.37. The first kappa shape index (κ1) is 13.2. The summed E-state index contributed by atoms with van der Waals surface area (Å²) in [5.41, 5.74) is 2.61. The van der Waals surface area contributed by atoms with Gasteiger partial charge in [0, 0.05) is 17.9 Å². The van der Waals surface area contributed by atoms with Gasteiger partial charge in [-0.3, -0.25) is 4.79 Å². The van der Waals surface area contributed by atoms with Crippen molar-refractivity contribution in [2.24, 2.45) is 0 Å². The molecular weight excluding hydrogens is 302 g/mol. The number of rotatable bonds is 4. The monoisotopic (exact) mass is 321 g/mol. The normalized spacial score (nSPS) is 21.8. The Kier molecular flexibility index (Phi) is 3.92. The van der Waals surface area contributed by atoms with Crippen molar-refractivity contribution in [1.29, 1.82) is 0 Å². The first-order valence-corrected chi connectivity index (χ1v) is 8.37. The molecule has 0 spiro atoms. The van der Waals surface area contributed by atoms with Gasteiger partial charge in [0.05, 0.1) is 5.92 Å². The van der Waals surface area contributed by atoms with Crippen LogP contribution in [-0.4, -0.2) is 28.7 Å². The first-order chi connectivity index (χ1) is 9.31. The van der Waals surface area contributed by atoms with Crippen molar-refractivity contribution in [3.8, 4) is 0 Å². The van der Waals surface area contributed by atoms with Crippen LogP contribution in [0.15, 0.2) is 24.3 Å². The van der Waals surface area contributed by atoms with Crippen molar-refractivity contribution in [2.45, 2.75) is 44.1 Å². The summed E-state index contributed by atoms with van der Waals surface area (Å²) in [5.74, 6) is 0.473. The SMILES string of the molecule is O=C(C1Cc2ccccc21)N(CCBr)C1CCCC1. The fourth-order valence-electron chi connectivity index (χ4n) is 3.46. The molecule has 19 heavy (non-hydrogen) atoms. The molecule has 3 rings (SSSR count). The third kappa shape index (κ3) is 2.45. The number of nitrogens with zero attached hydrogens (tertiary/aromatic N) is 1. The molecule has 102 valence electrons. The molecule has 3 heteroatoms.